The molecule has 7 N–H and O–H groups in total. The molecule has 15 nitrogen and oxygen atoms in total. The molecule has 1 saturated heterocycles. The monoisotopic (exact) mass is 780 g/mol. The van der Waals surface area contributed by atoms with Gasteiger partial charge >= 0.3 is 6.09 Å². The van der Waals surface area contributed by atoms with Gasteiger partial charge < -0.3 is 46.7 Å². The van der Waals surface area contributed by atoms with Gasteiger partial charge in [-0.25, -0.2) is 4.79 Å². The van der Waals surface area contributed by atoms with Crippen LogP contribution in [0.1, 0.15) is 132 Å². The third-order valence-electron chi connectivity index (χ3n) is 10.4. The van der Waals surface area contributed by atoms with Gasteiger partial charge in [0.1, 0.15) is 29.8 Å². The lowest BCUT2D eigenvalue weighted by atomic mass is 9.90. The average molecular weight is 780 g/mol. The smallest absolute Gasteiger partial charge is 0.407 e. The van der Waals surface area contributed by atoms with Crippen molar-refractivity contribution in [2.45, 2.75) is 174 Å². The Morgan fingerprint density at radius 3 is 2.09 bits per heavy atom. The molecular formula is C40H73N7O8. The Kier molecular flexibility index (Phi) is 20.4. The van der Waals surface area contributed by atoms with Crippen molar-refractivity contribution in [2.24, 2.45) is 23.5 Å². The minimum Gasteiger partial charge on any atom is -0.444 e. The lowest BCUT2D eigenvalue weighted by Crippen LogP contribution is -2.62. The number of unbranched alkanes of at least 4 members (excludes halogenated alkanes) is 3. The summed E-state index contributed by atoms with van der Waals surface area (Å²) in [6, 6.07) is -4.94. The van der Waals surface area contributed by atoms with Crippen molar-refractivity contribution in [3.05, 3.63) is 0 Å². The Bertz CT molecular complexity index is 1250. The van der Waals surface area contributed by atoms with Crippen molar-refractivity contribution >= 4 is 35.6 Å². The molecule has 0 unspecified atom stereocenters. The van der Waals surface area contributed by atoms with Crippen LogP contribution in [0.4, 0.5) is 4.79 Å². The second kappa shape index (κ2) is 23.6. The number of likely N-dealkylation sites (N-methyl/N-ethyl adjacent to an activating group) is 1. The van der Waals surface area contributed by atoms with Crippen LogP contribution in [0.3, 0.4) is 0 Å². The summed E-state index contributed by atoms with van der Waals surface area (Å²) in [4.78, 5) is 84.2. The highest BCUT2D eigenvalue weighted by molar-refractivity contribution is 5.96. The highest BCUT2D eigenvalue weighted by Crippen LogP contribution is 2.27. The molecule has 7 atom stereocenters. The highest BCUT2D eigenvalue weighted by Gasteiger charge is 2.39. The lowest BCUT2D eigenvalue weighted by molar-refractivity contribution is -0.147. The molecule has 1 aliphatic carbocycles. The topological polar surface area (TPSA) is 210 Å². The largest absolute Gasteiger partial charge is 0.444 e. The van der Waals surface area contributed by atoms with Crippen molar-refractivity contribution < 1.29 is 38.2 Å². The maximum atomic E-state index is 14.3. The number of nitrogens with one attached hydrogen (secondary N) is 5. The van der Waals surface area contributed by atoms with Crippen molar-refractivity contribution in [2.75, 3.05) is 26.7 Å². The number of hydrogen-bond acceptors (Lipinski definition) is 9. The first-order chi connectivity index (χ1) is 25.9. The third-order valence-corrected chi connectivity index (χ3v) is 10.4. The van der Waals surface area contributed by atoms with Crippen molar-refractivity contribution in [1.82, 2.24) is 31.5 Å². The molecule has 0 spiro atoms. The van der Waals surface area contributed by atoms with Gasteiger partial charge in [-0.3, -0.25) is 24.0 Å². The van der Waals surface area contributed by atoms with Crippen molar-refractivity contribution in [1.29, 1.82) is 0 Å². The Hall–Kier alpha value is -3.46. The summed E-state index contributed by atoms with van der Waals surface area (Å²) in [7, 11) is 1.63. The molecule has 6 amide bonds. The van der Waals surface area contributed by atoms with Gasteiger partial charge in [-0.2, -0.15) is 0 Å². The van der Waals surface area contributed by atoms with E-state index in [-0.39, 0.29) is 37.4 Å². The van der Waals surface area contributed by atoms with E-state index in [1.54, 1.807) is 34.7 Å². The van der Waals surface area contributed by atoms with Gasteiger partial charge in [0.15, 0.2) is 0 Å². The quantitative estimate of drug-likeness (QED) is 0.134. The number of hydrogen-bond donors (Lipinski definition) is 6. The molecule has 0 radical (unpaired) electrons. The molecule has 0 aromatic heterocycles. The van der Waals surface area contributed by atoms with Gasteiger partial charge in [0.05, 0.1) is 25.2 Å². The summed E-state index contributed by atoms with van der Waals surface area (Å²) in [5, 5.41) is 13.8. The minimum atomic E-state index is -1.27. The Morgan fingerprint density at radius 1 is 0.891 bits per heavy atom. The summed E-state index contributed by atoms with van der Waals surface area (Å²) < 4.78 is 11.7. The van der Waals surface area contributed by atoms with Crippen molar-refractivity contribution in [3.8, 4) is 0 Å². The first-order valence-electron chi connectivity index (χ1n) is 20.6. The molecular weight excluding hydrogens is 706 g/mol. The van der Waals surface area contributed by atoms with Crippen LogP contribution in [0.25, 0.3) is 0 Å². The van der Waals surface area contributed by atoms with Crippen LogP contribution in [-0.2, 0) is 33.4 Å². The second-order valence-corrected chi connectivity index (χ2v) is 17.0. The van der Waals surface area contributed by atoms with Gasteiger partial charge in [-0.15, -0.1) is 0 Å². The predicted molar refractivity (Wildman–Crippen MR) is 212 cm³/mol. The van der Waals surface area contributed by atoms with Crippen LogP contribution in [-0.4, -0.2) is 109 Å². The molecule has 1 saturated carbocycles. The fourth-order valence-corrected chi connectivity index (χ4v) is 7.19. The molecule has 15 heteroatoms. The number of carbonyl (C=O) groups is 6. The summed E-state index contributed by atoms with van der Waals surface area (Å²) in [5.41, 5.74) is 5.24. The molecule has 316 valence electrons. The number of carbonyl (C=O) groups excluding carboxylic acids is 6. The molecule has 2 aliphatic rings. The zero-order chi connectivity index (χ0) is 41.3. The van der Waals surface area contributed by atoms with E-state index in [9.17, 15) is 28.8 Å². The highest BCUT2D eigenvalue weighted by atomic mass is 16.6. The van der Waals surface area contributed by atoms with Gasteiger partial charge in [0.2, 0.25) is 29.5 Å². The summed E-state index contributed by atoms with van der Waals surface area (Å²) >= 11 is 0. The maximum absolute atomic E-state index is 14.3. The first kappa shape index (κ1) is 47.7. The average Bonchev–Trinajstić information content (AvgIpc) is 3.40. The third kappa shape index (κ3) is 16.7. The minimum absolute atomic E-state index is 0.0571. The standard InChI is InChI=1S/C40H73N7O8/c1-10-11-12-17-20-32-27(5)38(52)47(9)31(21-25(2)3)36(50)46-33(28-18-15-13-14-16-19-28)37(51)44-29(22-41)34(48)45-30(35(49)43-26(4)24-54-32)23-42-39(53)55-40(6,7)8/h25-33H,10-24,41H2,1-9H3,(H,42,53)(H,43,49)(H,44,51)(H,45,48)(H,46,50)/t26-,27-,29+,30+,31+,32-,33+/m1/s1. The van der Waals surface area contributed by atoms with Crippen LogP contribution < -0.4 is 32.3 Å². The predicted octanol–water partition coefficient (Wildman–Crippen LogP) is 3.28. The molecule has 1 heterocycles. The Morgan fingerprint density at radius 2 is 1.51 bits per heavy atom. The second-order valence-electron chi connectivity index (χ2n) is 17.0. The number of amides is 6. The number of ether oxygens (including phenoxy) is 2. The van der Waals surface area contributed by atoms with Crippen molar-refractivity contribution in [3.63, 3.8) is 0 Å². The van der Waals surface area contributed by atoms with Gasteiger partial charge in [0, 0.05) is 19.6 Å². The van der Waals surface area contributed by atoms with E-state index in [4.69, 9.17) is 15.2 Å². The van der Waals surface area contributed by atoms with Crippen LogP contribution in [0, 0.1) is 17.8 Å². The van der Waals surface area contributed by atoms with Gasteiger partial charge in [-0.1, -0.05) is 79.1 Å². The SMILES string of the molecule is CCCCCC[C@H]1OC[C@@H](C)NC(=O)[C@H](CNC(=O)OC(C)(C)C)NC(=O)[C@H](CN)NC(=O)[C@H](C2CCCCCC2)NC(=O)[C@H](CC(C)C)N(C)C(=O)[C@@H]1C. The lowest BCUT2D eigenvalue weighted by Gasteiger charge is -2.35. The molecule has 1 aliphatic heterocycles. The summed E-state index contributed by atoms with van der Waals surface area (Å²) in [6.45, 7) is 14.2. The van der Waals surface area contributed by atoms with E-state index in [0.29, 0.717) is 25.7 Å². The van der Waals surface area contributed by atoms with Crippen LogP contribution in [0.15, 0.2) is 0 Å². The zero-order valence-electron chi connectivity index (χ0n) is 35.1. The van der Waals surface area contributed by atoms with Gasteiger partial charge in [0.25, 0.3) is 0 Å². The number of alkyl carbamates (subject to hydrolysis) is 1. The van der Waals surface area contributed by atoms with Crippen LogP contribution >= 0.6 is 0 Å². The van der Waals surface area contributed by atoms with E-state index in [1.807, 2.05) is 20.8 Å². The molecule has 55 heavy (non-hydrogen) atoms. The van der Waals surface area contributed by atoms with Crippen LogP contribution in [0.5, 0.6) is 0 Å². The Balaban J connectivity index is 2.59. The fourth-order valence-electron chi connectivity index (χ4n) is 7.19. The number of rotatable bonds is 11. The van der Waals surface area contributed by atoms with E-state index >= 15 is 0 Å². The van der Waals surface area contributed by atoms with E-state index in [0.717, 1.165) is 51.4 Å². The number of nitrogens with zero attached hydrogens (tertiary/aromatic N) is 1. The molecule has 0 bridgehead atoms. The van der Waals surface area contributed by atoms with Crippen LogP contribution in [0.2, 0.25) is 0 Å². The zero-order valence-corrected chi connectivity index (χ0v) is 35.1. The molecule has 0 aromatic rings. The Labute approximate surface area is 329 Å². The van der Waals surface area contributed by atoms with E-state index in [2.05, 4.69) is 33.5 Å². The normalized spacial score (nSPS) is 27.8. The summed E-state index contributed by atoms with van der Waals surface area (Å²) in [5.74, 6) is -3.38. The molecule has 0 aromatic carbocycles. The summed E-state index contributed by atoms with van der Waals surface area (Å²) in [6.07, 6.45) is 8.78. The molecule has 2 rings (SSSR count). The fraction of sp³-hybridized carbons (Fsp3) is 0.850. The molecule has 2 fully saturated rings. The number of nitrogens with two attached hydrogens (primary N) is 1. The van der Waals surface area contributed by atoms with E-state index < -0.39 is 77.6 Å². The van der Waals surface area contributed by atoms with Gasteiger partial charge in [-0.05, 0) is 65.2 Å². The van der Waals surface area contributed by atoms with E-state index in [1.165, 1.54) is 4.90 Å². The maximum Gasteiger partial charge on any atom is 0.407 e. The first-order valence-corrected chi connectivity index (χ1v) is 20.6.